The van der Waals surface area contributed by atoms with Crippen molar-refractivity contribution in [2.75, 3.05) is 0 Å². The lowest BCUT2D eigenvalue weighted by atomic mass is 10.1. The van der Waals surface area contributed by atoms with Crippen LogP contribution < -0.4 is 0 Å². The van der Waals surface area contributed by atoms with Crippen molar-refractivity contribution in [2.24, 2.45) is 0 Å². The number of rotatable bonds is 5. The maximum atomic E-state index is 11.3. The first kappa shape index (κ1) is 15.8. The molecule has 0 bridgehead atoms. The summed E-state index contributed by atoms with van der Waals surface area (Å²) in [7, 11) is 0. The highest BCUT2D eigenvalue weighted by molar-refractivity contribution is 8.01. The number of aromatic carboxylic acids is 1. The predicted octanol–water partition coefficient (Wildman–Crippen LogP) is 2.51. The third kappa shape index (κ3) is 3.17. The van der Waals surface area contributed by atoms with Crippen molar-refractivity contribution in [3.63, 3.8) is 0 Å². The Hall–Kier alpha value is -2.60. The van der Waals surface area contributed by atoms with Crippen molar-refractivity contribution in [1.29, 1.82) is 0 Å². The summed E-state index contributed by atoms with van der Waals surface area (Å²) >= 11 is 1.86. The molecular weight excluding hydrogens is 336 g/mol. The molecule has 1 N–H and O–H groups in total. The lowest BCUT2D eigenvalue weighted by Gasteiger charge is -2.05. The van der Waals surface area contributed by atoms with Crippen LogP contribution >= 0.6 is 23.1 Å². The molecule has 1 heterocycles. The van der Waals surface area contributed by atoms with Crippen LogP contribution in [0.2, 0.25) is 0 Å². The quantitative estimate of drug-likeness (QED) is 0.638. The van der Waals surface area contributed by atoms with Gasteiger partial charge in [-0.05, 0) is 18.7 Å². The highest BCUT2D eigenvalue weighted by atomic mass is 32.2. The first-order valence-corrected chi connectivity index (χ1v) is 7.11. The fraction of sp³-hybridized carbons (Fsp3) is 0.100. The SMILES string of the molecule is Cc1nnc(Sc2c(C(=O)O)cc([N+](=O)[O-])cc2[N+](=O)[O-])s1. The van der Waals surface area contributed by atoms with Gasteiger partial charge in [-0.1, -0.05) is 11.3 Å². The van der Waals surface area contributed by atoms with Crippen molar-refractivity contribution in [1.82, 2.24) is 10.2 Å². The van der Waals surface area contributed by atoms with Crippen LogP contribution in [0.5, 0.6) is 0 Å². The highest BCUT2D eigenvalue weighted by Gasteiger charge is 2.28. The minimum atomic E-state index is -1.50. The first-order valence-electron chi connectivity index (χ1n) is 5.47. The third-order valence-electron chi connectivity index (χ3n) is 2.39. The smallest absolute Gasteiger partial charge is 0.337 e. The minimum absolute atomic E-state index is 0.223. The van der Waals surface area contributed by atoms with Gasteiger partial charge < -0.3 is 5.11 Å². The van der Waals surface area contributed by atoms with Crippen LogP contribution in [0.15, 0.2) is 21.4 Å². The zero-order valence-electron chi connectivity index (χ0n) is 10.7. The molecule has 0 fully saturated rings. The number of hydrogen-bond donors (Lipinski definition) is 1. The summed E-state index contributed by atoms with van der Waals surface area (Å²) in [6.45, 7) is 1.67. The summed E-state index contributed by atoms with van der Waals surface area (Å²) in [4.78, 5) is 31.2. The molecule has 0 saturated carbocycles. The maximum Gasteiger partial charge on any atom is 0.337 e. The molecule has 0 unspecified atom stereocenters. The standard InChI is InChI=1S/C10H6N4O6S2/c1-4-11-12-10(21-4)22-8-6(9(15)16)2-5(13(17)18)3-7(8)14(19)20/h2-3H,1H3,(H,15,16). The number of benzene rings is 1. The van der Waals surface area contributed by atoms with E-state index in [2.05, 4.69) is 10.2 Å². The zero-order chi connectivity index (χ0) is 16.4. The lowest BCUT2D eigenvalue weighted by molar-refractivity contribution is -0.396. The number of aryl methyl sites for hydroxylation is 1. The lowest BCUT2D eigenvalue weighted by Crippen LogP contribution is -2.04. The normalized spacial score (nSPS) is 10.4. The van der Waals surface area contributed by atoms with Gasteiger partial charge >= 0.3 is 5.97 Å². The molecule has 0 spiro atoms. The molecule has 10 nitrogen and oxygen atoms in total. The molecule has 0 amide bonds. The van der Waals surface area contributed by atoms with Crippen molar-refractivity contribution < 1.29 is 19.7 Å². The van der Waals surface area contributed by atoms with Gasteiger partial charge in [-0.25, -0.2) is 4.79 Å². The van der Waals surface area contributed by atoms with Crippen molar-refractivity contribution >= 4 is 40.4 Å². The van der Waals surface area contributed by atoms with Crippen molar-refractivity contribution in [3.05, 3.63) is 42.9 Å². The third-order valence-corrected chi connectivity index (χ3v) is 4.41. The van der Waals surface area contributed by atoms with E-state index >= 15 is 0 Å². The van der Waals surface area contributed by atoms with Gasteiger partial charge in [0.25, 0.3) is 11.4 Å². The summed E-state index contributed by atoms with van der Waals surface area (Å²) in [5.41, 5.74) is -1.86. The van der Waals surface area contributed by atoms with Crippen LogP contribution in [-0.2, 0) is 0 Å². The molecule has 114 valence electrons. The maximum absolute atomic E-state index is 11.3. The van der Waals surface area contributed by atoms with Gasteiger partial charge in [-0.3, -0.25) is 20.2 Å². The van der Waals surface area contributed by atoms with Crippen molar-refractivity contribution in [2.45, 2.75) is 16.2 Å². The number of carboxylic acid groups (broad SMARTS) is 1. The van der Waals surface area contributed by atoms with Crippen LogP contribution in [-0.4, -0.2) is 31.1 Å². The second-order valence-corrected chi connectivity index (χ2v) is 6.29. The fourth-order valence-corrected chi connectivity index (χ4v) is 3.46. The Morgan fingerprint density at radius 3 is 2.41 bits per heavy atom. The van der Waals surface area contributed by atoms with Gasteiger partial charge in [0.15, 0.2) is 4.34 Å². The number of non-ortho nitro benzene ring substituents is 1. The minimum Gasteiger partial charge on any atom is -0.478 e. The van der Waals surface area contributed by atoms with E-state index in [9.17, 15) is 30.1 Å². The van der Waals surface area contributed by atoms with Gasteiger partial charge in [0.1, 0.15) is 9.90 Å². The average Bonchev–Trinajstić information content (AvgIpc) is 2.83. The van der Waals surface area contributed by atoms with Gasteiger partial charge in [-0.2, -0.15) is 0 Å². The Kier molecular flexibility index (Phi) is 4.32. The predicted molar refractivity (Wildman–Crippen MR) is 75.5 cm³/mol. The van der Waals surface area contributed by atoms with Gasteiger partial charge in [0.2, 0.25) is 0 Å². The second-order valence-electron chi connectivity index (χ2n) is 3.85. The van der Waals surface area contributed by atoms with Gasteiger partial charge in [-0.15, -0.1) is 10.2 Å². The van der Waals surface area contributed by atoms with E-state index in [0.29, 0.717) is 9.35 Å². The summed E-state index contributed by atoms with van der Waals surface area (Å²) in [5, 5.41) is 39.1. The van der Waals surface area contributed by atoms with Gasteiger partial charge in [0, 0.05) is 6.07 Å². The van der Waals surface area contributed by atoms with Gasteiger partial charge in [0.05, 0.1) is 21.5 Å². The fourth-order valence-electron chi connectivity index (χ4n) is 1.51. The number of nitrogens with zero attached hydrogens (tertiary/aromatic N) is 4. The number of carbonyl (C=O) groups is 1. The Bertz CT molecular complexity index is 754. The molecule has 1 aromatic carbocycles. The highest BCUT2D eigenvalue weighted by Crippen LogP contribution is 2.40. The van der Waals surface area contributed by atoms with Crippen molar-refractivity contribution in [3.8, 4) is 0 Å². The van der Waals surface area contributed by atoms with E-state index < -0.39 is 32.8 Å². The van der Waals surface area contributed by atoms with E-state index in [1.165, 1.54) is 0 Å². The zero-order valence-corrected chi connectivity index (χ0v) is 12.4. The van der Waals surface area contributed by atoms with Crippen LogP contribution in [0.4, 0.5) is 11.4 Å². The number of carboxylic acids is 1. The van der Waals surface area contributed by atoms with Crippen LogP contribution in [0.3, 0.4) is 0 Å². The summed E-state index contributed by atoms with van der Waals surface area (Å²) in [5.74, 6) is -1.50. The molecule has 2 rings (SSSR count). The van der Waals surface area contributed by atoms with E-state index in [1.54, 1.807) is 6.92 Å². The number of aromatic nitrogens is 2. The molecule has 22 heavy (non-hydrogen) atoms. The first-order chi connectivity index (χ1) is 10.3. The molecule has 1 aromatic heterocycles. The molecule has 0 saturated heterocycles. The molecule has 2 aromatic rings. The average molecular weight is 342 g/mol. The largest absolute Gasteiger partial charge is 0.478 e. The monoisotopic (exact) mass is 342 g/mol. The summed E-state index contributed by atoms with van der Waals surface area (Å²) in [6, 6.07) is 1.51. The van der Waals surface area contributed by atoms with E-state index in [1.807, 2.05) is 0 Å². The molecule has 12 heteroatoms. The summed E-state index contributed by atoms with van der Waals surface area (Å²) in [6.07, 6.45) is 0. The summed E-state index contributed by atoms with van der Waals surface area (Å²) < 4.78 is 0.303. The molecule has 0 aliphatic rings. The molecule has 0 aliphatic heterocycles. The topological polar surface area (TPSA) is 149 Å². The van der Waals surface area contributed by atoms with Crippen LogP contribution in [0, 0.1) is 27.2 Å². The number of hydrogen-bond acceptors (Lipinski definition) is 9. The van der Waals surface area contributed by atoms with E-state index in [-0.39, 0.29) is 4.90 Å². The molecule has 0 radical (unpaired) electrons. The molecular formula is C10H6N4O6S2. The second kappa shape index (κ2) is 6.03. The van der Waals surface area contributed by atoms with Crippen LogP contribution in [0.25, 0.3) is 0 Å². The number of nitro groups is 2. The Labute approximate surface area is 130 Å². The molecule has 0 aliphatic carbocycles. The number of nitro benzene ring substituents is 2. The van der Waals surface area contributed by atoms with E-state index in [4.69, 9.17) is 0 Å². The molecule has 0 atom stereocenters. The Morgan fingerprint density at radius 1 is 1.27 bits per heavy atom. The Balaban J connectivity index is 2.65. The van der Waals surface area contributed by atoms with E-state index in [0.717, 1.165) is 35.2 Å². The Morgan fingerprint density at radius 2 is 1.95 bits per heavy atom. The van der Waals surface area contributed by atoms with Crippen LogP contribution in [0.1, 0.15) is 15.4 Å².